The molecule has 0 aliphatic carbocycles. The molecule has 9 heteroatoms. The minimum atomic E-state index is -5.02. The van der Waals surface area contributed by atoms with Crippen molar-refractivity contribution in [2.45, 2.75) is 218 Å². The van der Waals surface area contributed by atoms with Crippen LogP contribution in [0.5, 0.6) is 0 Å². The van der Waals surface area contributed by atoms with Crippen LogP contribution in [0.4, 0.5) is 0 Å². The van der Waals surface area contributed by atoms with Crippen molar-refractivity contribution in [1.82, 2.24) is 0 Å². The fourth-order valence-corrected chi connectivity index (χ4v) is 6.45. The largest absolute Gasteiger partial charge is 0.469 e. The molecular formula is C37H73O8P. The number of carbonyl (C=O) groups excluding carboxylic acids is 2. The number of Topliss-reactive ketones (excluding diaryl/α,β-unsaturated/α-hetero) is 2. The van der Waals surface area contributed by atoms with Crippen LogP contribution >= 0.6 is 7.82 Å². The minimum absolute atomic E-state index is 0.0105. The van der Waals surface area contributed by atoms with Gasteiger partial charge in [-0.05, 0) is 12.8 Å². The number of aliphatic hydroxyl groups excluding tert-OH is 1. The summed E-state index contributed by atoms with van der Waals surface area (Å²) in [6, 6.07) is 0. The van der Waals surface area contributed by atoms with Gasteiger partial charge in [0.05, 0.1) is 6.61 Å². The van der Waals surface area contributed by atoms with E-state index in [0.717, 1.165) is 44.9 Å². The lowest BCUT2D eigenvalue weighted by Gasteiger charge is -2.30. The molecule has 0 spiro atoms. The number of phosphoric acid groups is 1. The quantitative estimate of drug-likeness (QED) is 0.0379. The van der Waals surface area contributed by atoms with Gasteiger partial charge in [-0.2, -0.15) is 0 Å². The smallest absolute Gasteiger partial charge is 0.382 e. The van der Waals surface area contributed by atoms with E-state index in [4.69, 9.17) is 9.79 Å². The number of rotatable bonds is 36. The van der Waals surface area contributed by atoms with Crippen molar-refractivity contribution in [2.24, 2.45) is 0 Å². The summed E-state index contributed by atoms with van der Waals surface area (Å²) in [5.74, 6) is -1.52. The lowest BCUT2D eigenvalue weighted by atomic mass is 9.85. The third kappa shape index (κ3) is 26.3. The molecule has 46 heavy (non-hydrogen) atoms. The average Bonchev–Trinajstić information content (AvgIpc) is 3.02. The van der Waals surface area contributed by atoms with Gasteiger partial charge in [-0.1, -0.05) is 181 Å². The Balaban J connectivity index is 4.26. The summed E-state index contributed by atoms with van der Waals surface area (Å²) >= 11 is 0. The zero-order valence-corrected chi connectivity index (χ0v) is 30.8. The van der Waals surface area contributed by atoms with Crippen LogP contribution in [0.2, 0.25) is 0 Å². The van der Waals surface area contributed by atoms with Crippen LogP contribution in [0.3, 0.4) is 0 Å². The number of hydrogen-bond donors (Lipinski definition) is 4. The highest BCUT2D eigenvalue weighted by Crippen LogP contribution is 2.38. The molecule has 0 saturated carbocycles. The molecule has 0 aliphatic heterocycles. The fraction of sp³-hybridized carbons (Fsp3) is 0.946. The Hall–Kier alpha value is -0.630. The zero-order chi connectivity index (χ0) is 34.4. The van der Waals surface area contributed by atoms with Gasteiger partial charge >= 0.3 is 7.82 Å². The van der Waals surface area contributed by atoms with Crippen LogP contribution < -0.4 is 0 Å². The third-order valence-electron chi connectivity index (χ3n) is 9.23. The molecule has 0 aliphatic rings. The highest BCUT2D eigenvalue weighted by atomic mass is 31.2. The zero-order valence-electron chi connectivity index (χ0n) is 29.9. The molecule has 8 nitrogen and oxygen atoms in total. The van der Waals surface area contributed by atoms with Crippen LogP contribution in [0.15, 0.2) is 0 Å². The standard InChI is InChI=1S/C37H73O8P/c1-3-5-7-9-11-13-15-17-18-20-22-24-26-28-30-32-35(39)37(41,33-45-46(42,43)44)36(40)34(38)31-29-27-25-23-21-19-16-14-12-10-8-6-4-2/h36,40-41H,3-33H2,1-2H3,(H2,42,43,44)/t36-,37-/m0/s1. The Labute approximate surface area is 282 Å². The van der Waals surface area contributed by atoms with E-state index in [0.29, 0.717) is 12.8 Å². The van der Waals surface area contributed by atoms with Gasteiger partial charge in [0.15, 0.2) is 23.3 Å². The van der Waals surface area contributed by atoms with Gasteiger partial charge < -0.3 is 20.0 Å². The summed E-state index contributed by atoms with van der Waals surface area (Å²) in [4.78, 5) is 43.9. The van der Waals surface area contributed by atoms with Gasteiger partial charge in [0.1, 0.15) is 0 Å². The Morgan fingerprint density at radius 3 is 1.13 bits per heavy atom. The van der Waals surface area contributed by atoms with E-state index in [9.17, 15) is 24.4 Å². The summed E-state index contributed by atoms with van der Waals surface area (Å²) < 4.78 is 15.7. The van der Waals surface area contributed by atoms with Crippen molar-refractivity contribution in [3.05, 3.63) is 0 Å². The maximum absolute atomic E-state index is 13.0. The summed E-state index contributed by atoms with van der Waals surface area (Å²) in [5.41, 5.74) is -2.68. The Kier molecular flexibility index (Phi) is 30.0. The SMILES string of the molecule is CCCCCCCCCCCCCCCCCC(=O)[C@@](O)(COP(=O)(O)O)[C@@H](O)C(=O)CCCCCCCCCCCCCCC. The molecule has 4 N–H and O–H groups in total. The predicted molar refractivity (Wildman–Crippen MR) is 189 cm³/mol. The molecule has 0 heterocycles. The van der Waals surface area contributed by atoms with E-state index in [1.165, 1.54) is 122 Å². The summed E-state index contributed by atoms with van der Waals surface area (Å²) in [6.07, 6.45) is 30.3. The molecule has 274 valence electrons. The van der Waals surface area contributed by atoms with E-state index >= 15 is 0 Å². The lowest BCUT2D eigenvalue weighted by Crippen LogP contribution is -2.56. The van der Waals surface area contributed by atoms with Gasteiger partial charge in [-0.15, -0.1) is 0 Å². The van der Waals surface area contributed by atoms with E-state index in [1.54, 1.807) is 0 Å². The lowest BCUT2D eigenvalue weighted by molar-refractivity contribution is -0.165. The molecule has 0 aromatic rings. The van der Waals surface area contributed by atoms with Crippen LogP contribution in [-0.4, -0.2) is 49.9 Å². The van der Waals surface area contributed by atoms with Crippen molar-refractivity contribution in [1.29, 1.82) is 0 Å². The summed E-state index contributed by atoms with van der Waals surface area (Å²) in [7, 11) is -5.02. The Morgan fingerprint density at radius 2 is 0.826 bits per heavy atom. The average molecular weight is 677 g/mol. The highest BCUT2D eigenvalue weighted by Gasteiger charge is 2.47. The maximum atomic E-state index is 13.0. The number of ketones is 2. The van der Waals surface area contributed by atoms with Crippen molar-refractivity contribution >= 4 is 19.4 Å². The molecule has 0 fully saturated rings. The van der Waals surface area contributed by atoms with Crippen molar-refractivity contribution in [3.8, 4) is 0 Å². The summed E-state index contributed by atoms with van der Waals surface area (Å²) in [5, 5.41) is 21.7. The molecule has 0 saturated heterocycles. The number of aliphatic hydroxyl groups is 2. The minimum Gasteiger partial charge on any atom is -0.382 e. The van der Waals surface area contributed by atoms with Crippen molar-refractivity contribution in [2.75, 3.05) is 6.61 Å². The monoisotopic (exact) mass is 677 g/mol. The first-order valence-electron chi connectivity index (χ1n) is 19.2. The maximum Gasteiger partial charge on any atom is 0.469 e. The number of phosphoric ester groups is 1. The first-order valence-corrected chi connectivity index (χ1v) is 20.8. The second-order valence-electron chi connectivity index (χ2n) is 13.7. The summed E-state index contributed by atoms with van der Waals surface area (Å²) in [6.45, 7) is 3.35. The first-order chi connectivity index (χ1) is 22.1. The molecular weight excluding hydrogens is 603 g/mol. The van der Waals surface area contributed by atoms with E-state index < -0.39 is 37.7 Å². The molecule has 0 aromatic carbocycles. The topological polar surface area (TPSA) is 141 Å². The Bertz CT molecular complexity index is 770. The number of unbranched alkanes of at least 4 members (excludes halogenated alkanes) is 26. The van der Waals surface area contributed by atoms with Crippen LogP contribution in [0.1, 0.15) is 206 Å². The van der Waals surface area contributed by atoms with Gasteiger partial charge in [-0.25, -0.2) is 4.57 Å². The highest BCUT2D eigenvalue weighted by molar-refractivity contribution is 7.46. The second kappa shape index (κ2) is 30.4. The van der Waals surface area contributed by atoms with E-state index in [1.807, 2.05) is 0 Å². The normalized spacial score (nSPS) is 14.0. The van der Waals surface area contributed by atoms with Gasteiger partial charge in [-0.3, -0.25) is 14.1 Å². The molecule has 0 bridgehead atoms. The van der Waals surface area contributed by atoms with Crippen LogP contribution in [0, 0.1) is 0 Å². The third-order valence-corrected chi connectivity index (χ3v) is 9.69. The van der Waals surface area contributed by atoms with E-state index in [2.05, 4.69) is 18.4 Å². The number of carbonyl (C=O) groups is 2. The van der Waals surface area contributed by atoms with Gasteiger partial charge in [0, 0.05) is 12.8 Å². The first kappa shape index (κ1) is 45.4. The predicted octanol–water partition coefficient (Wildman–Crippen LogP) is 10.1. The molecule has 0 radical (unpaired) electrons. The number of hydrogen-bond acceptors (Lipinski definition) is 6. The molecule has 0 rings (SSSR count). The van der Waals surface area contributed by atoms with Crippen LogP contribution in [-0.2, 0) is 18.7 Å². The van der Waals surface area contributed by atoms with Crippen molar-refractivity contribution < 1.29 is 38.7 Å². The van der Waals surface area contributed by atoms with Gasteiger partial charge in [0.25, 0.3) is 0 Å². The molecule has 0 aromatic heterocycles. The molecule has 2 atom stereocenters. The van der Waals surface area contributed by atoms with Crippen molar-refractivity contribution in [3.63, 3.8) is 0 Å². The van der Waals surface area contributed by atoms with Crippen LogP contribution in [0.25, 0.3) is 0 Å². The fourth-order valence-electron chi connectivity index (χ4n) is 6.09. The Morgan fingerprint density at radius 1 is 0.543 bits per heavy atom. The molecule has 0 amide bonds. The second-order valence-corrected chi connectivity index (χ2v) is 14.9. The molecule has 0 unspecified atom stereocenters. The van der Waals surface area contributed by atoms with E-state index in [-0.39, 0.29) is 12.8 Å². The van der Waals surface area contributed by atoms with Gasteiger partial charge in [0.2, 0.25) is 0 Å².